The molecule has 0 aliphatic heterocycles. The van der Waals surface area contributed by atoms with Crippen LogP contribution in [0, 0.1) is 5.82 Å². The van der Waals surface area contributed by atoms with Crippen molar-refractivity contribution in [2.45, 2.75) is 0 Å². The van der Waals surface area contributed by atoms with Gasteiger partial charge in [-0.1, -0.05) is 40.2 Å². The maximum atomic E-state index is 13.3. The SMILES string of the molecule is O=c1[nH]cnc2oc(-c3ccc(Br)cc3)c(-c3ccc(F)cc3)c12. The van der Waals surface area contributed by atoms with Crippen LogP contribution in [0.3, 0.4) is 0 Å². The Labute approximate surface area is 144 Å². The Bertz CT molecular complexity index is 1080. The van der Waals surface area contributed by atoms with Gasteiger partial charge in [0.05, 0.1) is 6.33 Å². The fraction of sp³-hybridized carbons (Fsp3) is 0. The highest BCUT2D eigenvalue weighted by molar-refractivity contribution is 9.10. The molecule has 4 aromatic rings. The summed E-state index contributed by atoms with van der Waals surface area (Å²) >= 11 is 3.40. The third-order valence-electron chi connectivity index (χ3n) is 3.73. The molecule has 0 saturated carbocycles. The molecule has 24 heavy (non-hydrogen) atoms. The molecule has 0 amide bonds. The second kappa shape index (κ2) is 5.72. The van der Waals surface area contributed by atoms with Crippen LogP contribution in [0.2, 0.25) is 0 Å². The monoisotopic (exact) mass is 384 g/mol. The van der Waals surface area contributed by atoms with Gasteiger partial charge in [-0.3, -0.25) is 4.79 Å². The number of nitrogens with zero attached hydrogens (tertiary/aromatic N) is 1. The lowest BCUT2D eigenvalue weighted by molar-refractivity contribution is 0.617. The Balaban J connectivity index is 2.08. The van der Waals surface area contributed by atoms with E-state index in [1.54, 1.807) is 12.1 Å². The van der Waals surface area contributed by atoms with Crippen LogP contribution >= 0.6 is 15.9 Å². The fourth-order valence-corrected chi connectivity index (χ4v) is 2.90. The lowest BCUT2D eigenvalue weighted by atomic mass is 10.00. The molecule has 1 N–H and O–H groups in total. The van der Waals surface area contributed by atoms with Crippen LogP contribution in [0.4, 0.5) is 4.39 Å². The summed E-state index contributed by atoms with van der Waals surface area (Å²) in [4.78, 5) is 19.0. The van der Waals surface area contributed by atoms with E-state index in [2.05, 4.69) is 25.9 Å². The normalized spacial score (nSPS) is 11.1. The van der Waals surface area contributed by atoms with Crippen molar-refractivity contribution in [3.63, 3.8) is 0 Å². The van der Waals surface area contributed by atoms with Crippen molar-refractivity contribution in [1.82, 2.24) is 9.97 Å². The third kappa shape index (κ3) is 2.45. The molecule has 2 aromatic carbocycles. The van der Waals surface area contributed by atoms with E-state index < -0.39 is 0 Å². The first-order valence-electron chi connectivity index (χ1n) is 7.15. The highest BCUT2D eigenvalue weighted by Crippen LogP contribution is 2.38. The molecule has 0 aliphatic carbocycles. The minimum Gasteiger partial charge on any atom is -0.437 e. The molecule has 0 radical (unpaired) electrons. The van der Waals surface area contributed by atoms with E-state index in [0.717, 1.165) is 10.0 Å². The van der Waals surface area contributed by atoms with Crippen molar-refractivity contribution in [2.75, 3.05) is 0 Å². The number of nitrogens with one attached hydrogen (secondary N) is 1. The molecular weight excluding hydrogens is 375 g/mol. The molecule has 4 rings (SSSR count). The summed E-state index contributed by atoms with van der Waals surface area (Å²) in [7, 11) is 0. The quantitative estimate of drug-likeness (QED) is 0.542. The van der Waals surface area contributed by atoms with E-state index in [0.29, 0.717) is 22.3 Å². The fourth-order valence-electron chi connectivity index (χ4n) is 2.64. The average Bonchev–Trinajstić information content (AvgIpc) is 2.97. The molecule has 6 heteroatoms. The number of benzene rings is 2. The van der Waals surface area contributed by atoms with Crippen molar-refractivity contribution in [3.8, 4) is 22.5 Å². The van der Waals surface area contributed by atoms with Crippen LogP contribution < -0.4 is 5.56 Å². The van der Waals surface area contributed by atoms with Gasteiger partial charge in [-0.15, -0.1) is 0 Å². The van der Waals surface area contributed by atoms with E-state index in [9.17, 15) is 9.18 Å². The van der Waals surface area contributed by atoms with Crippen LogP contribution in [-0.4, -0.2) is 9.97 Å². The maximum absolute atomic E-state index is 13.3. The predicted molar refractivity (Wildman–Crippen MR) is 93.2 cm³/mol. The van der Waals surface area contributed by atoms with E-state index >= 15 is 0 Å². The number of hydrogen-bond acceptors (Lipinski definition) is 3. The average molecular weight is 385 g/mol. The Morgan fingerprint density at radius 1 is 1.00 bits per heavy atom. The lowest BCUT2D eigenvalue weighted by Gasteiger charge is -2.04. The van der Waals surface area contributed by atoms with Crippen molar-refractivity contribution in [3.05, 3.63) is 75.5 Å². The molecule has 0 spiro atoms. The van der Waals surface area contributed by atoms with Gasteiger partial charge in [0.15, 0.2) is 0 Å². The summed E-state index contributed by atoms with van der Waals surface area (Å²) in [6.07, 6.45) is 1.30. The second-order valence-electron chi connectivity index (χ2n) is 5.23. The minimum absolute atomic E-state index is 0.246. The predicted octanol–water partition coefficient (Wildman–Crippen LogP) is 4.75. The van der Waals surface area contributed by atoms with Gasteiger partial charge in [-0.05, 0) is 29.8 Å². The Kier molecular flexibility index (Phi) is 3.54. The number of fused-ring (bicyclic) bond motifs is 1. The molecule has 2 aromatic heterocycles. The Morgan fingerprint density at radius 3 is 2.38 bits per heavy atom. The van der Waals surface area contributed by atoms with Gasteiger partial charge in [0.2, 0.25) is 5.71 Å². The van der Waals surface area contributed by atoms with E-state index in [1.807, 2.05) is 24.3 Å². The molecule has 0 atom stereocenters. The zero-order chi connectivity index (χ0) is 16.7. The number of aromatic nitrogens is 2. The summed E-state index contributed by atoms with van der Waals surface area (Å²) in [5.74, 6) is 0.178. The molecule has 2 heterocycles. The first-order valence-corrected chi connectivity index (χ1v) is 7.95. The van der Waals surface area contributed by atoms with Crippen molar-refractivity contribution >= 4 is 27.0 Å². The zero-order valence-corrected chi connectivity index (χ0v) is 13.8. The molecule has 0 aliphatic rings. The molecule has 0 unspecified atom stereocenters. The number of rotatable bonds is 2. The second-order valence-corrected chi connectivity index (χ2v) is 6.15. The van der Waals surface area contributed by atoms with Gasteiger partial charge < -0.3 is 9.40 Å². The zero-order valence-electron chi connectivity index (χ0n) is 12.2. The van der Waals surface area contributed by atoms with Crippen LogP contribution in [0.15, 0.2) is 68.5 Å². The number of furan rings is 1. The number of aromatic amines is 1. The number of H-pyrrole nitrogens is 1. The van der Waals surface area contributed by atoms with Crippen LogP contribution in [0.1, 0.15) is 0 Å². The number of halogens is 2. The number of hydrogen-bond donors (Lipinski definition) is 1. The largest absolute Gasteiger partial charge is 0.437 e. The molecule has 0 saturated heterocycles. The Hall–Kier alpha value is -2.73. The van der Waals surface area contributed by atoms with Crippen LogP contribution in [0.5, 0.6) is 0 Å². The minimum atomic E-state index is -0.344. The smallest absolute Gasteiger partial charge is 0.262 e. The van der Waals surface area contributed by atoms with Crippen LogP contribution in [-0.2, 0) is 0 Å². The summed E-state index contributed by atoms with van der Waals surface area (Å²) in [6, 6.07) is 13.5. The van der Waals surface area contributed by atoms with E-state index in [-0.39, 0.29) is 17.1 Å². The first kappa shape index (κ1) is 14.8. The maximum Gasteiger partial charge on any atom is 0.262 e. The van der Waals surface area contributed by atoms with Crippen LogP contribution in [0.25, 0.3) is 33.6 Å². The highest BCUT2D eigenvalue weighted by Gasteiger charge is 2.21. The highest BCUT2D eigenvalue weighted by atomic mass is 79.9. The molecular formula is C18H10BrFN2O2. The van der Waals surface area contributed by atoms with Gasteiger partial charge in [0.25, 0.3) is 5.56 Å². The van der Waals surface area contributed by atoms with Crippen molar-refractivity contribution in [1.29, 1.82) is 0 Å². The first-order chi connectivity index (χ1) is 11.6. The van der Waals surface area contributed by atoms with Gasteiger partial charge in [-0.2, -0.15) is 0 Å². The van der Waals surface area contributed by atoms with Gasteiger partial charge >= 0.3 is 0 Å². The summed E-state index contributed by atoms with van der Waals surface area (Å²) < 4.78 is 20.1. The van der Waals surface area contributed by atoms with E-state index in [1.165, 1.54) is 18.5 Å². The van der Waals surface area contributed by atoms with Crippen molar-refractivity contribution in [2.24, 2.45) is 0 Å². The van der Waals surface area contributed by atoms with Gasteiger partial charge in [0, 0.05) is 15.6 Å². The topological polar surface area (TPSA) is 58.9 Å². The van der Waals surface area contributed by atoms with E-state index in [4.69, 9.17) is 4.42 Å². The van der Waals surface area contributed by atoms with Gasteiger partial charge in [0.1, 0.15) is 17.0 Å². The Morgan fingerprint density at radius 2 is 1.67 bits per heavy atom. The third-order valence-corrected chi connectivity index (χ3v) is 4.26. The molecule has 118 valence electrons. The summed E-state index contributed by atoms with van der Waals surface area (Å²) in [6.45, 7) is 0. The van der Waals surface area contributed by atoms with Gasteiger partial charge in [-0.25, -0.2) is 9.37 Å². The lowest BCUT2D eigenvalue weighted by Crippen LogP contribution is -2.05. The molecule has 0 bridgehead atoms. The molecule has 4 nitrogen and oxygen atoms in total. The standard InChI is InChI=1S/C18H10BrFN2O2/c19-12-5-1-11(2-6-12)16-14(10-3-7-13(20)8-4-10)15-17(23)21-9-22-18(15)24-16/h1-9H,(H,21,22,23). The molecule has 0 fully saturated rings. The summed E-state index contributed by atoms with van der Waals surface area (Å²) in [5, 5.41) is 0.349. The summed E-state index contributed by atoms with van der Waals surface area (Å²) in [5.41, 5.74) is 2.03. The van der Waals surface area contributed by atoms with Crippen molar-refractivity contribution < 1.29 is 8.81 Å².